The van der Waals surface area contributed by atoms with Gasteiger partial charge in [0.15, 0.2) is 0 Å². The number of carboxylic acid groups (broad SMARTS) is 1. The minimum Gasteiger partial charge on any atom is -0.481 e. The molecule has 1 aromatic carbocycles. The van der Waals surface area contributed by atoms with E-state index in [-0.39, 0.29) is 11.3 Å². The molecule has 7 heteroatoms. The van der Waals surface area contributed by atoms with Crippen molar-refractivity contribution in [1.82, 2.24) is 4.31 Å². The number of sulfonamides is 1. The molecule has 0 aliphatic carbocycles. The van der Waals surface area contributed by atoms with Gasteiger partial charge in [-0.3, -0.25) is 4.79 Å². The van der Waals surface area contributed by atoms with Gasteiger partial charge in [-0.15, -0.1) is 0 Å². The Morgan fingerprint density at radius 3 is 2.68 bits per heavy atom. The maximum atomic E-state index is 12.5. The Balaban J connectivity index is 2.29. The summed E-state index contributed by atoms with van der Waals surface area (Å²) in [5, 5.41) is 8.89. The predicted molar refractivity (Wildman–Crippen MR) is 73.7 cm³/mol. The van der Waals surface area contributed by atoms with Crippen LogP contribution in [-0.4, -0.2) is 47.9 Å². The van der Waals surface area contributed by atoms with Crippen molar-refractivity contribution < 1.29 is 18.3 Å². The first kappa shape index (κ1) is 14.4. The summed E-state index contributed by atoms with van der Waals surface area (Å²) >= 11 is 1.59. The molecule has 0 saturated carbocycles. The predicted octanol–water partition coefficient (Wildman–Crippen LogP) is 1.27. The number of hydrogen-bond acceptors (Lipinski definition) is 4. The van der Waals surface area contributed by atoms with Gasteiger partial charge in [0, 0.05) is 24.1 Å². The zero-order valence-corrected chi connectivity index (χ0v) is 11.9. The molecule has 2 rings (SSSR count). The van der Waals surface area contributed by atoms with Crippen LogP contribution < -0.4 is 0 Å². The Labute approximate surface area is 116 Å². The number of thioether (sulfide) groups is 1. The Morgan fingerprint density at radius 2 is 2.05 bits per heavy atom. The van der Waals surface area contributed by atoms with Gasteiger partial charge in [-0.05, 0) is 12.1 Å². The molecule has 5 nitrogen and oxygen atoms in total. The first-order valence-corrected chi connectivity index (χ1v) is 8.48. The minimum absolute atomic E-state index is 0.154. The molecule has 1 fully saturated rings. The average Bonchev–Trinajstić information content (AvgIpc) is 2.39. The van der Waals surface area contributed by atoms with Crippen LogP contribution in [0.4, 0.5) is 0 Å². The van der Waals surface area contributed by atoms with Gasteiger partial charge in [-0.1, -0.05) is 18.2 Å². The third-order valence-corrected chi connectivity index (χ3v) is 5.99. The monoisotopic (exact) mass is 301 g/mol. The van der Waals surface area contributed by atoms with Crippen molar-refractivity contribution in [3.05, 3.63) is 30.3 Å². The molecule has 1 aromatic rings. The Morgan fingerprint density at radius 1 is 1.37 bits per heavy atom. The summed E-state index contributed by atoms with van der Waals surface area (Å²) in [6.45, 7) is 0.361. The average molecular weight is 301 g/mol. The third kappa shape index (κ3) is 3.29. The second-order valence-corrected chi connectivity index (χ2v) is 7.30. The summed E-state index contributed by atoms with van der Waals surface area (Å²) in [5.74, 6) is 0.251. The van der Waals surface area contributed by atoms with E-state index in [0.29, 0.717) is 18.1 Å². The molecule has 1 atom stereocenters. The molecule has 0 radical (unpaired) electrons. The second kappa shape index (κ2) is 5.94. The van der Waals surface area contributed by atoms with Gasteiger partial charge in [0.05, 0.1) is 11.3 Å². The van der Waals surface area contributed by atoms with Gasteiger partial charge in [-0.2, -0.15) is 16.1 Å². The van der Waals surface area contributed by atoms with Crippen LogP contribution in [0.15, 0.2) is 35.2 Å². The summed E-state index contributed by atoms with van der Waals surface area (Å²) in [5.41, 5.74) is 0. The van der Waals surface area contributed by atoms with Crippen molar-refractivity contribution >= 4 is 27.8 Å². The van der Waals surface area contributed by atoms with E-state index >= 15 is 0 Å². The summed E-state index contributed by atoms with van der Waals surface area (Å²) in [6.07, 6.45) is -0.154. The highest BCUT2D eigenvalue weighted by molar-refractivity contribution is 7.99. The van der Waals surface area contributed by atoms with Crippen LogP contribution in [0.25, 0.3) is 0 Å². The Bertz CT molecular complexity index is 544. The highest BCUT2D eigenvalue weighted by atomic mass is 32.2. The maximum absolute atomic E-state index is 12.5. The quantitative estimate of drug-likeness (QED) is 0.906. The zero-order valence-electron chi connectivity index (χ0n) is 10.2. The molecule has 1 unspecified atom stereocenters. The van der Waals surface area contributed by atoms with Crippen molar-refractivity contribution in [2.75, 3.05) is 18.1 Å². The number of hydrogen-bond donors (Lipinski definition) is 1. The zero-order chi connectivity index (χ0) is 13.9. The molecule has 1 aliphatic heterocycles. The van der Waals surface area contributed by atoms with Crippen molar-refractivity contribution in [3.63, 3.8) is 0 Å². The summed E-state index contributed by atoms with van der Waals surface area (Å²) < 4.78 is 26.3. The fourth-order valence-corrected chi connectivity index (χ4v) is 4.96. The van der Waals surface area contributed by atoms with Gasteiger partial charge in [-0.25, -0.2) is 8.42 Å². The third-order valence-electron chi connectivity index (χ3n) is 2.93. The van der Waals surface area contributed by atoms with Crippen LogP contribution in [0.5, 0.6) is 0 Å². The van der Waals surface area contributed by atoms with Crippen LogP contribution >= 0.6 is 11.8 Å². The first-order chi connectivity index (χ1) is 9.01. The molecule has 1 aliphatic rings. The molecule has 104 valence electrons. The summed E-state index contributed by atoms with van der Waals surface area (Å²) in [7, 11) is -3.60. The van der Waals surface area contributed by atoms with Gasteiger partial charge in [0.2, 0.25) is 10.0 Å². The molecule has 1 heterocycles. The number of carbonyl (C=O) groups is 1. The Hall–Kier alpha value is -1.05. The van der Waals surface area contributed by atoms with Gasteiger partial charge < -0.3 is 5.11 Å². The van der Waals surface area contributed by atoms with E-state index in [2.05, 4.69) is 0 Å². The molecular formula is C12H15NO4S2. The van der Waals surface area contributed by atoms with Crippen LogP contribution in [0, 0.1) is 0 Å². The van der Waals surface area contributed by atoms with Gasteiger partial charge in [0.1, 0.15) is 0 Å². The van der Waals surface area contributed by atoms with Crippen LogP contribution in [0.1, 0.15) is 6.42 Å². The largest absolute Gasteiger partial charge is 0.481 e. The minimum atomic E-state index is -3.60. The highest BCUT2D eigenvalue weighted by Gasteiger charge is 2.34. The van der Waals surface area contributed by atoms with E-state index in [0.717, 1.165) is 0 Å². The molecule has 1 N–H and O–H groups in total. The summed E-state index contributed by atoms with van der Waals surface area (Å²) in [6, 6.07) is 7.68. The van der Waals surface area contributed by atoms with Crippen LogP contribution in [0.2, 0.25) is 0 Å². The fraction of sp³-hybridized carbons (Fsp3) is 0.417. The molecule has 0 amide bonds. The van der Waals surface area contributed by atoms with E-state index in [1.54, 1.807) is 30.0 Å². The number of carboxylic acids is 1. The van der Waals surface area contributed by atoms with Gasteiger partial charge >= 0.3 is 5.97 Å². The molecule has 0 bridgehead atoms. The SMILES string of the molecule is O=C(O)CC1CSCCN1S(=O)(=O)c1ccccc1. The maximum Gasteiger partial charge on any atom is 0.305 e. The number of aliphatic carboxylic acids is 1. The van der Waals surface area contributed by atoms with E-state index < -0.39 is 22.0 Å². The highest BCUT2D eigenvalue weighted by Crippen LogP contribution is 2.26. The molecule has 0 spiro atoms. The molecule has 0 aromatic heterocycles. The number of nitrogens with zero attached hydrogens (tertiary/aromatic N) is 1. The standard InChI is InChI=1S/C12H15NO4S2/c14-12(15)8-10-9-18-7-6-13(10)19(16,17)11-4-2-1-3-5-11/h1-5,10H,6-9H2,(H,14,15). The van der Waals surface area contributed by atoms with Crippen molar-refractivity contribution in [2.24, 2.45) is 0 Å². The van der Waals surface area contributed by atoms with Crippen LogP contribution in [-0.2, 0) is 14.8 Å². The van der Waals surface area contributed by atoms with E-state index in [1.165, 1.54) is 16.4 Å². The summed E-state index contributed by atoms with van der Waals surface area (Å²) in [4.78, 5) is 11.1. The van der Waals surface area contributed by atoms with Crippen molar-refractivity contribution in [2.45, 2.75) is 17.4 Å². The first-order valence-electron chi connectivity index (χ1n) is 5.88. The number of benzene rings is 1. The normalized spacial score (nSPS) is 21.2. The van der Waals surface area contributed by atoms with Gasteiger partial charge in [0.25, 0.3) is 0 Å². The smallest absolute Gasteiger partial charge is 0.305 e. The van der Waals surface area contributed by atoms with Crippen molar-refractivity contribution in [3.8, 4) is 0 Å². The lowest BCUT2D eigenvalue weighted by atomic mass is 10.2. The number of rotatable bonds is 4. The van der Waals surface area contributed by atoms with E-state index in [1.807, 2.05) is 0 Å². The fourth-order valence-electron chi connectivity index (χ4n) is 2.05. The Kier molecular flexibility index (Phi) is 4.49. The van der Waals surface area contributed by atoms with Crippen molar-refractivity contribution in [1.29, 1.82) is 0 Å². The molecule has 19 heavy (non-hydrogen) atoms. The lowest BCUT2D eigenvalue weighted by Gasteiger charge is -2.33. The lowest BCUT2D eigenvalue weighted by Crippen LogP contribution is -2.46. The lowest BCUT2D eigenvalue weighted by molar-refractivity contribution is -0.137. The van der Waals surface area contributed by atoms with Crippen LogP contribution in [0.3, 0.4) is 0 Å². The second-order valence-electron chi connectivity index (χ2n) is 4.26. The van der Waals surface area contributed by atoms with E-state index in [4.69, 9.17) is 5.11 Å². The molecule has 1 saturated heterocycles. The molecular weight excluding hydrogens is 286 g/mol. The van der Waals surface area contributed by atoms with E-state index in [9.17, 15) is 13.2 Å². The topological polar surface area (TPSA) is 74.7 Å².